The lowest BCUT2D eigenvalue weighted by Gasteiger charge is -2.21. The Balaban J connectivity index is 5.25. The summed E-state index contributed by atoms with van der Waals surface area (Å²) in [5, 5.41) is 10.7. The fourth-order valence-electron chi connectivity index (χ4n) is 12.7. The molecule has 0 saturated carbocycles. The standard InChI is InChI=1S/C82H160O17P2/c1-7-10-12-14-16-18-20-22-24-25-26-27-28-30-32-36-40-48-54-60-66-81(86)98-77(70-92-79(84)64-58-52-46-39-35-31-29-23-21-19-17-15-13-11-8-2)72-96-100(88,89)94-68-76(83)69-95-101(90,91)97-73-78(71-93-80(85)65-59-53-47-43-42-45-51-57-63-75(6)9-3)99-82(87)67-61-55-49-41-37-33-34-38-44-50-56-62-74(4)5/h74-78,83H,7-73H2,1-6H3,(H,88,89)(H,90,91)/t75?,76-,77-,78-/m1/s1. The minimum absolute atomic E-state index is 0.106. The zero-order chi connectivity index (χ0) is 74.2. The van der Waals surface area contributed by atoms with Crippen molar-refractivity contribution in [1.82, 2.24) is 0 Å². The number of aliphatic hydroxyl groups is 1. The third-order valence-electron chi connectivity index (χ3n) is 19.6. The van der Waals surface area contributed by atoms with Crippen molar-refractivity contribution in [3.63, 3.8) is 0 Å². The first-order valence-electron chi connectivity index (χ1n) is 42.5. The summed E-state index contributed by atoms with van der Waals surface area (Å²) in [5.74, 6) is -0.564. The van der Waals surface area contributed by atoms with Crippen LogP contribution in [-0.2, 0) is 65.4 Å². The van der Waals surface area contributed by atoms with E-state index in [0.29, 0.717) is 25.7 Å². The molecule has 0 spiro atoms. The lowest BCUT2D eigenvalue weighted by atomic mass is 9.99. The quantitative estimate of drug-likeness (QED) is 0.0222. The summed E-state index contributed by atoms with van der Waals surface area (Å²) in [6.45, 7) is 9.65. The number of esters is 4. The number of aliphatic hydroxyl groups excluding tert-OH is 1. The average molecular weight is 1480 g/mol. The molecule has 101 heavy (non-hydrogen) atoms. The van der Waals surface area contributed by atoms with E-state index in [-0.39, 0.29) is 25.7 Å². The van der Waals surface area contributed by atoms with Gasteiger partial charge in [-0.25, -0.2) is 9.13 Å². The Morgan fingerprint density at radius 2 is 0.505 bits per heavy atom. The molecule has 6 atom stereocenters. The van der Waals surface area contributed by atoms with Gasteiger partial charge in [-0.05, 0) is 37.5 Å². The average Bonchev–Trinajstić information content (AvgIpc) is 1.01. The van der Waals surface area contributed by atoms with Crippen LogP contribution < -0.4 is 0 Å². The highest BCUT2D eigenvalue weighted by Crippen LogP contribution is 2.45. The predicted octanol–water partition coefficient (Wildman–Crippen LogP) is 24.7. The summed E-state index contributed by atoms with van der Waals surface area (Å²) in [6.07, 6.45) is 63.8. The van der Waals surface area contributed by atoms with E-state index in [1.807, 2.05) is 0 Å². The van der Waals surface area contributed by atoms with E-state index < -0.39 is 97.5 Å². The number of hydrogen-bond acceptors (Lipinski definition) is 15. The number of phosphoric ester groups is 2. The van der Waals surface area contributed by atoms with E-state index in [1.54, 1.807) is 0 Å². The zero-order valence-electron chi connectivity index (χ0n) is 66.2. The van der Waals surface area contributed by atoms with Crippen molar-refractivity contribution < 1.29 is 80.2 Å². The Bertz CT molecular complexity index is 1940. The number of unbranched alkanes of at least 4 members (excludes halogenated alkanes) is 50. The predicted molar refractivity (Wildman–Crippen MR) is 414 cm³/mol. The molecule has 0 aromatic heterocycles. The second-order valence-corrected chi connectivity index (χ2v) is 33.1. The number of rotatable bonds is 81. The summed E-state index contributed by atoms with van der Waals surface area (Å²) in [4.78, 5) is 73.1. The van der Waals surface area contributed by atoms with Crippen molar-refractivity contribution in [3.05, 3.63) is 0 Å². The highest BCUT2D eigenvalue weighted by molar-refractivity contribution is 7.47. The summed E-state index contributed by atoms with van der Waals surface area (Å²) < 4.78 is 68.8. The summed E-state index contributed by atoms with van der Waals surface area (Å²) in [6, 6.07) is 0. The second-order valence-electron chi connectivity index (χ2n) is 30.2. The largest absolute Gasteiger partial charge is 0.472 e. The van der Waals surface area contributed by atoms with Crippen LogP contribution in [0, 0.1) is 11.8 Å². The molecule has 600 valence electrons. The number of phosphoric acid groups is 2. The van der Waals surface area contributed by atoms with Crippen molar-refractivity contribution in [3.8, 4) is 0 Å². The fourth-order valence-corrected chi connectivity index (χ4v) is 14.3. The molecule has 0 amide bonds. The summed E-state index contributed by atoms with van der Waals surface area (Å²) >= 11 is 0. The van der Waals surface area contributed by atoms with Crippen LogP contribution >= 0.6 is 15.6 Å². The van der Waals surface area contributed by atoms with Crippen molar-refractivity contribution in [2.75, 3.05) is 39.6 Å². The minimum atomic E-state index is -4.96. The Morgan fingerprint density at radius 3 is 0.752 bits per heavy atom. The highest BCUT2D eigenvalue weighted by Gasteiger charge is 2.30. The van der Waals surface area contributed by atoms with Gasteiger partial charge in [0.05, 0.1) is 26.4 Å². The molecule has 0 aromatic rings. The molecule has 17 nitrogen and oxygen atoms in total. The van der Waals surface area contributed by atoms with Gasteiger partial charge in [0, 0.05) is 25.7 Å². The summed E-state index contributed by atoms with van der Waals surface area (Å²) in [7, 11) is -9.92. The number of hydrogen-bond donors (Lipinski definition) is 3. The summed E-state index contributed by atoms with van der Waals surface area (Å²) in [5.41, 5.74) is 0. The Kier molecular flexibility index (Phi) is 72.2. The number of carbonyl (C=O) groups is 4. The van der Waals surface area contributed by atoms with Crippen LogP contribution in [0.3, 0.4) is 0 Å². The molecule has 19 heteroatoms. The Labute approximate surface area is 619 Å². The van der Waals surface area contributed by atoms with Crippen LogP contribution in [0.25, 0.3) is 0 Å². The van der Waals surface area contributed by atoms with E-state index in [0.717, 1.165) is 102 Å². The number of carbonyl (C=O) groups excluding carboxylic acids is 4. The molecule has 0 rings (SSSR count). The minimum Gasteiger partial charge on any atom is -0.462 e. The van der Waals surface area contributed by atoms with Crippen molar-refractivity contribution in [1.29, 1.82) is 0 Å². The lowest BCUT2D eigenvalue weighted by molar-refractivity contribution is -0.161. The molecule has 3 unspecified atom stereocenters. The molecule has 0 aliphatic rings. The normalized spacial score (nSPS) is 14.2. The van der Waals surface area contributed by atoms with Crippen LogP contribution in [-0.4, -0.2) is 96.7 Å². The maximum absolute atomic E-state index is 13.1. The molecule has 0 radical (unpaired) electrons. The van der Waals surface area contributed by atoms with Gasteiger partial charge < -0.3 is 33.8 Å². The van der Waals surface area contributed by atoms with E-state index in [1.165, 1.54) is 250 Å². The van der Waals surface area contributed by atoms with Crippen molar-refractivity contribution in [2.45, 2.75) is 452 Å². The topological polar surface area (TPSA) is 237 Å². The third-order valence-corrected chi connectivity index (χ3v) is 21.5. The molecule has 0 aliphatic heterocycles. The van der Waals surface area contributed by atoms with E-state index in [2.05, 4.69) is 41.5 Å². The first-order chi connectivity index (χ1) is 48.9. The van der Waals surface area contributed by atoms with E-state index >= 15 is 0 Å². The molecular weight excluding hydrogens is 1320 g/mol. The van der Waals surface area contributed by atoms with Gasteiger partial charge in [-0.3, -0.25) is 37.3 Å². The highest BCUT2D eigenvalue weighted by atomic mass is 31.2. The first-order valence-corrected chi connectivity index (χ1v) is 45.5. The Hall–Kier alpha value is -1.94. The molecular formula is C82H160O17P2. The first kappa shape index (κ1) is 99.1. The molecule has 0 saturated heterocycles. The van der Waals surface area contributed by atoms with Gasteiger partial charge in [0.2, 0.25) is 0 Å². The van der Waals surface area contributed by atoms with Crippen LogP contribution in [0.1, 0.15) is 433 Å². The molecule has 0 aliphatic carbocycles. The maximum atomic E-state index is 13.1. The zero-order valence-corrected chi connectivity index (χ0v) is 68.0. The number of ether oxygens (including phenoxy) is 4. The van der Waals surface area contributed by atoms with Crippen molar-refractivity contribution in [2.24, 2.45) is 11.8 Å². The fraction of sp³-hybridized carbons (Fsp3) is 0.951. The van der Waals surface area contributed by atoms with Gasteiger partial charge in [-0.2, -0.15) is 0 Å². The molecule has 3 N–H and O–H groups in total. The maximum Gasteiger partial charge on any atom is 0.472 e. The molecule has 0 bridgehead atoms. The smallest absolute Gasteiger partial charge is 0.462 e. The van der Waals surface area contributed by atoms with Gasteiger partial charge >= 0.3 is 39.5 Å². The Morgan fingerprint density at radius 1 is 0.287 bits per heavy atom. The lowest BCUT2D eigenvalue weighted by Crippen LogP contribution is -2.30. The molecule has 0 aromatic carbocycles. The van der Waals surface area contributed by atoms with Gasteiger partial charge in [0.15, 0.2) is 12.2 Å². The van der Waals surface area contributed by atoms with Crippen LogP contribution in [0.4, 0.5) is 0 Å². The molecule has 0 heterocycles. The SMILES string of the molecule is CCCCCCCCCCCCCCCCCCCCCCC(=O)O[C@H](COC(=O)CCCCCCCCCCCCCCCCC)COP(=O)(O)OC[C@@H](O)COP(=O)(O)OC[C@@H](COC(=O)CCCCCCCCCCC(C)CC)OC(=O)CCCCCCCCCCCCCC(C)C. The van der Waals surface area contributed by atoms with Gasteiger partial charge in [-0.1, -0.05) is 382 Å². The third kappa shape index (κ3) is 74.7. The van der Waals surface area contributed by atoms with Crippen LogP contribution in [0.5, 0.6) is 0 Å². The molecule has 0 fully saturated rings. The van der Waals surface area contributed by atoms with Gasteiger partial charge in [0.1, 0.15) is 19.3 Å². The van der Waals surface area contributed by atoms with Crippen molar-refractivity contribution >= 4 is 39.5 Å². The van der Waals surface area contributed by atoms with E-state index in [4.69, 9.17) is 37.0 Å². The second kappa shape index (κ2) is 73.6. The van der Waals surface area contributed by atoms with Crippen LogP contribution in [0.2, 0.25) is 0 Å². The van der Waals surface area contributed by atoms with Gasteiger partial charge in [-0.15, -0.1) is 0 Å². The van der Waals surface area contributed by atoms with E-state index in [9.17, 15) is 43.2 Å². The van der Waals surface area contributed by atoms with Crippen LogP contribution in [0.15, 0.2) is 0 Å². The monoisotopic (exact) mass is 1480 g/mol. The van der Waals surface area contributed by atoms with Gasteiger partial charge in [0.25, 0.3) is 0 Å².